The van der Waals surface area contributed by atoms with Gasteiger partial charge in [0.1, 0.15) is 4.88 Å². The van der Waals surface area contributed by atoms with Gasteiger partial charge in [-0.25, -0.2) is 9.78 Å². The van der Waals surface area contributed by atoms with Crippen LogP contribution in [0, 0.1) is 5.92 Å². The van der Waals surface area contributed by atoms with Crippen LogP contribution < -0.4 is 5.32 Å². The molecule has 0 saturated carbocycles. The Labute approximate surface area is 127 Å². The van der Waals surface area contributed by atoms with E-state index in [1.54, 1.807) is 6.92 Å². The van der Waals surface area contributed by atoms with Crippen molar-refractivity contribution in [3.05, 3.63) is 10.6 Å². The van der Waals surface area contributed by atoms with Gasteiger partial charge in [0.05, 0.1) is 24.8 Å². The molecule has 1 aromatic rings. The van der Waals surface area contributed by atoms with Crippen molar-refractivity contribution in [2.75, 3.05) is 25.1 Å². The van der Waals surface area contributed by atoms with Gasteiger partial charge in [-0.05, 0) is 19.3 Å². The molecule has 1 aromatic heterocycles. The minimum Gasteiger partial charge on any atom is -0.462 e. The zero-order valence-corrected chi connectivity index (χ0v) is 13.3. The van der Waals surface area contributed by atoms with Crippen LogP contribution in [0.25, 0.3) is 0 Å². The number of nitrogens with zero attached hydrogens (tertiary/aromatic N) is 1. The van der Waals surface area contributed by atoms with E-state index in [0.29, 0.717) is 35.5 Å². The number of ether oxygens (including phenoxy) is 2. The van der Waals surface area contributed by atoms with Gasteiger partial charge in [0.15, 0.2) is 5.13 Å². The maximum absolute atomic E-state index is 12.1. The summed E-state index contributed by atoms with van der Waals surface area (Å²) in [6, 6.07) is 0. The average Bonchev–Trinajstić information content (AvgIpc) is 3.07. The monoisotopic (exact) mass is 312 g/mol. The van der Waals surface area contributed by atoms with Gasteiger partial charge < -0.3 is 14.8 Å². The van der Waals surface area contributed by atoms with Crippen LogP contribution in [0.4, 0.5) is 5.13 Å². The van der Waals surface area contributed by atoms with E-state index >= 15 is 0 Å². The van der Waals surface area contributed by atoms with E-state index in [0.717, 1.165) is 17.8 Å². The lowest BCUT2D eigenvalue weighted by atomic mass is 10.1. The second-order valence-electron chi connectivity index (χ2n) is 5.16. The van der Waals surface area contributed by atoms with E-state index in [1.807, 2.05) is 13.8 Å². The molecular weight excluding hydrogens is 292 g/mol. The van der Waals surface area contributed by atoms with Crippen molar-refractivity contribution >= 4 is 28.3 Å². The third-order valence-corrected chi connectivity index (χ3v) is 4.16. The molecule has 2 rings (SSSR count). The van der Waals surface area contributed by atoms with Gasteiger partial charge in [-0.2, -0.15) is 0 Å². The van der Waals surface area contributed by atoms with Crippen LogP contribution in [0.3, 0.4) is 0 Å². The van der Waals surface area contributed by atoms with Crippen LogP contribution in [-0.2, 0) is 14.3 Å². The topological polar surface area (TPSA) is 77.5 Å². The number of amides is 1. The summed E-state index contributed by atoms with van der Waals surface area (Å²) in [5.41, 5.74) is 0.663. The van der Waals surface area contributed by atoms with Gasteiger partial charge >= 0.3 is 5.97 Å². The van der Waals surface area contributed by atoms with Crippen molar-refractivity contribution in [3.8, 4) is 0 Å². The largest absolute Gasteiger partial charge is 0.462 e. The summed E-state index contributed by atoms with van der Waals surface area (Å²) in [7, 11) is 0. The smallest absolute Gasteiger partial charge is 0.350 e. The first-order valence-corrected chi connectivity index (χ1v) is 7.91. The number of hydrogen-bond donors (Lipinski definition) is 1. The van der Waals surface area contributed by atoms with E-state index in [4.69, 9.17) is 9.47 Å². The molecule has 116 valence electrons. The van der Waals surface area contributed by atoms with Gasteiger partial charge in [-0.1, -0.05) is 25.2 Å². The van der Waals surface area contributed by atoms with Crippen LogP contribution in [0.1, 0.15) is 48.5 Å². The van der Waals surface area contributed by atoms with Crippen LogP contribution >= 0.6 is 11.3 Å². The molecular formula is C14H20N2O4S. The first-order valence-electron chi connectivity index (χ1n) is 7.09. The summed E-state index contributed by atoms with van der Waals surface area (Å²) in [6.45, 7) is 7.04. The van der Waals surface area contributed by atoms with Crippen LogP contribution in [-0.4, -0.2) is 36.7 Å². The molecule has 1 saturated heterocycles. The minimum atomic E-state index is -0.386. The van der Waals surface area contributed by atoms with Crippen LogP contribution in [0.5, 0.6) is 0 Å². The number of anilines is 1. The first kappa shape index (κ1) is 15.9. The number of carbonyl (C=O) groups excluding carboxylic acids is 2. The Hall–Kier alpha value is -1.47. The summed E-state index contributed by atoms with van der Waals surface area (Å²) in [5.74, 6) is -0.543. The SMILES string of the molecule is CCOC(=O)c1sc(NC(=O)C2CCOC2)nc1C(C)C. The highest BCUT2D eigenvalue weighted by atomic mass is 32.1. The molecule has 0 spiro atoms. The second-order valence-corrected chi connectivity index (χ2v) is 6.16. The number of nitrogens with one attached hydrogen (secondary N) is 1. The Morgan fingerprint density at radius 2 is 2.29 bits per heavy atom. The van der Waals surface area contributed by atoms with Gasteiger partial charge in [0.2, 0.25) is 5.91 Å². The van der Waals surface area contributed by atoms with E-state index in [9.17, 15) is 9.59 Å². The van der Waals surface area contributed by atoms with E-state index in [1.165, 1.54) is 0 Å². The van der Waals surface area contributed by atoms with Crippen molar-refractivity contribution < 1.29 is 19.1 Å². The molecule has 1 N–H and O–H groups in total. The Bertz CT molecular complexity index is 521. The molecule has 1 fully saturated rings. The number of thiazole rings is 1. The van der Waals surface area contributed by atoms with E-state index in [-0.39, 0.29) is 23.7 Å². The Morgan fingerprint density at radius 3 is 2.86 bits per heavy atom. The molecule has 1 aliphatic rings. The zero-order chi connectivity index (χ0) is 15.4. The highest BCUT2D eigenvalue weighted by Gasteiger charge is 2.26. The van der Waals surface area contributed by atoms with Gasteiger partial charge in [0.25, 0.3) is 0 Å². The summed E-state index contributed by atoms with van der Waals surface area (Å²) in [4.78, 5) is 28.8. The number of esters is 1. The summed E-state index contributed by atoms with van der Waals surface area (Å²) in [5, 5.41) is 3.22. The maximum Gasteiger partial charge on any atom is 0.350 e. The van der Waals surface area contributed by atoms with Gasteiger partial charge in [0, 0.05) is 6.61 Å². The normalized spacial score (nSPS) is 18.0. The van der Waals surface area contributed by atoms with Crippen molar-refractivity contribution in [1.82, 2.24) is 4.98 Å². The molecule has 2 heterocycles. The number of aromatic nitrogens is 1. The lowest BCUT2D eigenvalue weighted by molar-refractivity contribution is -0.119. The summed E-state index contributed by atoms with van der Waals surface area (Å²) >= 11 is 1.16. The fourth-order valence-corrected chi connectivity index (χ4v) is 3.09. The van der Waals surface area contributed by atoms with E-state index < -0.39 is 0 Å². The standard InChI is InChI=1S/C14H20N2O4S/c1-4-20-13(18)11-10(8(2)3)15-14(21-11)16-12(17)9-5-6-19-7-9/h8-9H,4-7H2,1-3H3,(H,15,16,17). The Balaban J connectivity index is 2.14. The Morgan fingerprint density at radius 1 is 1.52 bits per heavy atom. The molecule has 0 bridgehead atoms. The number of rotatable bonds is 5. The third-order valence-electron chi connectivity index (χ3n) is 3.19. The molecule has 0 aliphatic carbocycles. The number of carbonyl (C=O) groups is 2. The fraction of sp³-hybridized carbons (Fsp3) is 0.643. The fourth-order valence-electron chi connectivity index (χ4n) is 2.07. The quantitative estimate of drug-likeness (QED) is 0.845. The van der Waals surface area contributed by atoms with E-state index in [2.05, 4.69) is 10.3 Å². The lowest BCUT2D eigenvalue weighted by Crippen LogP contribution is -2.22. The lowest BCUT2D eigenvalue weighted by Gasteiger charge is -2.06. The van der Waals surface area contributed by atoms with Crippen LogP contribution in [0.2, 0.25) is 0 Å². The second kappa shape index (κ2) is 7.00. The molecule has 1 atom stereocenters. The summed E-state index contributed by atoms with van der Waals surface area (Å²) < 4.78 is 10.2. The molecule has 1 unspecified atom stereocenters. The van der Waals surface area contributed by atoms with Crippen molar-refractivity contribution in [3.63, 3.8) is 0 Å². The molecule has 0 radical (unpaired) electrons. The zero-order valence-electron chi connectivity index (χ0n) is 12.5. The molecule has 6 nitrogen and oxygen atoms in total. The third kappa shape index (κ3) is 3.79. The van der Waals surface area contributed by atoms with Gasteiger partial charge in [-0.15, -0.1) is 0 Å². The van der Waals surface area contributed by atoms with Crippen LogP contribution in [0.15, 0.2) is 0 Å². The highest BCUT2D eigenvalue weighted by molar-refractivity contribution is 7.17. The highest BCUT2D eigenvalue weighted by Crippen LogP contribution is 2.29. The predicted octanol–water partition coefficient (Wildman–Crippen LogP) is 2.42. The molecule has 7 heteroatoms. The molecule has 1 aliphatic heterocycles. The van der Waals surface area contributed by atoms with Crippen molar-refractivity contribution in [2.24, 2.45) is 5.92 Å². The summed E-state index contributed by atoms with van der Waals surface area (Å²) in [6.07, 6.45) is 0.721. The predicted molar refractivity (Wildman–Crippen MR) is 79.7 cm³/mol. The molecule has 21 heavy (non-hydrogen) atoms. The maximum atomic E-state index is 12.1. The number of hydrogen-bond acceptors (Lipinski definition) is 6. The van der Waals surface area contributed by atoms with Crippen molar-refractivity contribution in [1.29, 1.82) is 0 Å². The van der Waals surface area contributed by atoms with Crippen molar-refractivity contribution in [2.45, 2.75) is 33.1 Å². The molecule has 0 aromatic carbocycles. The first-order chi connectivity index (χ1) is 10.0. The minimum absolute atomic E-state index is 0.0844. The molecule has 1 amide bonds. The van der Waals surface area contributed by atoms with Gasteiger partial charge in [-0.3, -0.25) is 4.79 Å². The average molecular weight is 312 g/mol. The Kier molecular flexibility index (Phi) is 5.30.